The van der Waals surface area contributed by atoms with E-state index in [0.717, 1.165) is 38.5 Å². The standard InChI is InChI=1S/C10H22ClNO/c1-10(2)9-12(6-4-5-11)7-8-13-3/h10H,4-9H2,1-3H3. The van der Waals surface area contributed by atoms with Gasteiger partial charge in [-0.3, -0.25) is 0 Å². The van der Waals surface area contributed by atoms with Crippen LogP contribution in [0.3, 0.4) is 0 Å². The molecular formula is C10H22ClNO. The van der Waals surface area contributed by atoms with Gasteiger partial charge in [-0.05, 0) is 18.9 Å². The molecule has 0 spiro atoms. The van der Waals surface area contributed by atoms with Crippen LogP contribution in [0.25, 0.3) is 0 Å². The number of hydrogen-bond acceptors (Lipinski definition) is 2. The fourth-order valence-corrected chi connectivity index (χ4v) is 1.43. The Hall–Kier alpha value is 0.210. The molecule has 80 valence electrons. The number of ether oxygens (including phenoxy) is 1. The minimum Gasteiger partial charge on any atom is -0.383 e. The Morgan fingerprint density at radius 2 is 2.00 bits per heavy atom. The Bertz CT molecular complexity index is 101. The second-order valence-corrected chi connectivity index (χ2v) is 4.11. The van der Waals surface area contributed by atoms with Crippen LogP contribution in [0.1, 0.15) is 20.3 Å². The van der Waals surface area contributed by atoms with Crippen LogP contribution in [0.4, 0.5) is 0 Å². The molecule has 0 aliphatic carbocycles. The smallest absolute Gasteiger partial charge is 0.0589 e. The summed E-state index contributed by atoms with van der Waals surface area (Å²) in [5, 5.41) is 0. The minimum atomic E-state index is 0.715. The van der Waals surface area contributed by atoms with Gasteiger partial charge in [-0.25, -0.2) is 0 Å². The maximum Gasteiger partial charge on any atom is 0.0589 e. The van der Waals surface area contributed by atoms with Gasteiger partial charge in [0.05, 0.1) is 6.61 Å². The van der Waals surface area contributed by atoms with Crippen LogP contribution in [0.15, 0.2) is 0 Å². The second-order valence-electron chi connectivity index (χ2n) is 3.73. The summed E-state index contributed by atoms with van der Waals surface area (Å²) in [6.07, 6.45) is 1.07. The van der Waals surface area contributed by atoms with Gasteiger partial charge < -0.3 is 9.64 Å². The third-order valence-corrected chi connectivity index (χ3v) is 2.11. The molecule has 0 aromatic rings. The van der Waals surface area contributed by atoms with Gasteiger partial charge in [0.1, 0.15) is 0 Å². The summed E-state index contributed by atoms with van der Waals surface area (Å²) in [4.78, 5) is 2.41. The third-order valence-electron chi connectivity index (χ3n) is 1.84. The number of halogens is 1. The van der Waals surface area contributed by atoms with Crippen LogP contribution >= 0.6 is 11.6 Å². The summed E-state index contributed by atoms with van der Waals surface area (Å²) in [7, 11) is 1.75. The number of nitrogens with zero attached hydrogens (tertiary/aromatic N) is 1. The zero-order valence-corrected chi connectivity index (χ0v) is 9.81. The Kier molecular flexibility index (Phi) is 8.93. The molecule has 0 aromatic heterocycles. The predicted molar refractivity (Wildman–Crippen MR) is 58.5 cm³/mol. The van der Waals surface area contributed by atoms with E-state index in [9.17, 15) is 0 Å². The highest BCUT2D eigenvalue weighted by molar-refractivity contribution is 6.17. The summed E-state index contributed by atoms with van der Waals surface area (Å²) in [5.74, 6) is 1.47. The van der Waals surface area contributed by atoms with E-state index in [-0.39, 0.29) is 0 Å². The van der Waals surface area contributed by atoms with Crippen molar-refractivity contribution in [3.05, 3.63) is 0 Å². The van der Waals surface area contributed by atoms with Crippen molar-refractivity contribution in [2.45, 2.75) is 20.3 Å². The van der Waals surface area contributed by atoms with Gasteiger partial charge >= 0.3 is 0 Å². The van der Waals surface area contributed by atoms with Crippen LogP contribution in [-0.4, -0.2) is 44.1 Å². The van der Waals surface area contributed by atoms with Crippen LogP contribution in [0.2, 0.25) is 0 Å². The monoisotopic (exact) mass is 207 g/mol. The van der Waals surface area contributed by atoms with Crippen molar-refractivity contribution in [2.75, 3.05) is 39.2 Å². The molecule has 0 atom stereocenters. The van der Waals surface area contributed by atoms with E-state index in [2.05, 4.69) is 18.7 Å². The van der Waals surface area contributed by atoms with Crippen LogP contribution < -0.4 is 0 Å². The first-order chi connectivity index (χ1) is 6.20. The molecule has 13 heavy (non-hydrogen) atoms. The number of methoxy groups -OCH3 is 1. The third kappa shape index (κ3) is 8.54. The van der Waals surface area contributed by atoms with Crippen molar-refractivity contribution in [1.82, 2.24) is 4.90 Å². The van der Waals surface area contributed by atoms with Gasteiger partial charge in [-0.1, -0.05) is 13.8 Å². The SMILES string of the molecule is COCCN(CCCCl)CC(C)C. The first kappa shape index (κ1) is 13.2. The molecule has 0 aromatic carbocycles. The average molecular weight is 208 g/mol. The zero-order valence-electron chi connectivity index (χ0n) is 9.05. The molecule has 3 heteroatoms. The summed E-state index contributed by atoms with van der Waals surface area (Å²) in [6, 6.07) is 0. The van der Waals surface area contributed by atoms with E-state index < -0.39 is 0 Å². The zero-order chi connectivity index (χ0) is 10.1. The summed E-state index contributed by atoms with van der Waals surface area (Å²) in [5.41, 5.74) is 0. The van der Waals surface area contributed by atoms with Gasteiger partial charge in [0.2, 0.25) is 0 Å². The first-order valence-electron chi connectivity index (χ1n) is 4.98. The molecule has 0 aliphatic rings. The lowest BCUT2D eigenvalue weighted by molar-refractivity contribution is 0.140. The van der Waals surface area contributed by atoms with Crippen molar-refractivity contribution in [3.63, 3.8) is 0 Å². The highest BCUT2D eigenvalue weighted by Crippen LogP contribution is 2.00. The van der Waals surface area contributed by atoms with E-state index >= 15 is 0 Å². The number of hydrogen-bond donors (Lipinski definition) is 0. The second kappa shape index (κ2) is 8.79. The van der Waals surface area contributed by atoms with E-state index in [0.29, 0.717) is 5.92 Å². The Morgan fingerprint density at radius 3 is 2.46 bits per heavy atom. The Labute approximate surface area is 87.2 Å². The number of rotatable bonds is 8. The lowest BCUT2D eigenvalue weighted by atomic mass is 10.2. The van der Waals surface area contributed by atoms with Crippen molar-refractivity contribution >= 4 is 11.6 Å². The Balaban J connectivity index is 3.60. The maximum absolute atomic E-state index is 5.66. The molecule has 0 radical (unpaired) electrons. The molecule has 0 aliphatic heterocycles. The predicted octanol–water partition coefficient (Wildman–Crippen LogP) is 2.22. The van der Waals surface area contributed by atoms with E-state index in [4.69, 9.17) is 16.3 Å². The van der Waals surface area contributed by atoms with E-state index in [1.807, 2.05) is 0 Å². The maximum atomic E-state index is 5.66. The molecule has 0 fully saturated rings. The van der Waals surface area contributed by atoms with Crippen molar-refractivity contribution < 1.29 is 4.74 Å². The lowest BCUT2D eigenvalue weighted by Gasteiger charge is -2.23. The highest BCUT2D eigenvalue weighted by Gasteiger charge is 2.05. The molecule has 0 saturated heterocycles. The van der Waals surface area contributed by atoms with Crippen LogP contribution in [-0.2, 0) is 4.74 Å². The van der Waals surface area contributed by atoms with Gasteiger partial charge in [0, 0.05) is 26.1 Å². The quantitative estimate of drug-likeness (QED) is 0.566. The summed E-state index contributed by atoms with van der Waals surface area (Å²) < 4.78 is 5.06. The van der Waals surface area contributed by atoms with E-state index in [1.54, 1.807) is 7.11 Å². The minimum absolute atomic E-state index is 0.715. The van der Waals surface area contributed by atoms with E-state index in [1.165, 1.54) is 0 Å². The van der Waals surface area contributed by atoms with Gasteiger partial charge in [0.15, 0.2) is 0 Å². The van der Waals surface area contributed by atoms with Gasteiger partial charge in [0.25, 0.3) is 0 Å². The molecular weight excluding hydrogens is 186 g/mol. The lowest BCUT2D eigenvalue weighted by Crippen LogP contribution is -2.32. The van der Waals surface area contributed by atoms with Crippen LogP contribution in [0.5, 0.6) is 0 Å². The Morgan fingerprint density at radius 1 is 1.31 bits per heavy atom. The molecule has 0 saturated carbocycles. The van der Waals surface area contributed by atoms with Gasteiger partial charge in [-0.15, -0.1) is 11.6 Å². The molecule has 0 bridgehead atoms. The van der Waals surface area contributed by atoms with Crippen molar-refractivity contribution in [3.8, 4) is 0 Å². The van der Waals surface area contributed by atoms with Gasteiger partial charge in [-0.2, -0.15) is 0 Å². The first-order valence-corrected chi connectivity index (χ1v) is 5.51. The summed E-state index contributed by atoms with van der Waals surface area (Å²) in [6.45, 7) is 8.53. The fraction of sp³-hybridized carbons (Fsp3) is 1.00. The molecule has 0 unspecified atom stereocenters. The van der Waals surface area contributed by atoms with Crippen molar-refractivity contribution in [1.29, 1.82) is 0 Å². The molecule has 2 nitrogen and oxygen atoms in total. The fourth-order valence-electron chi connectivity index (χ4n) is 1.31. The number of alkyl halides is 1. The summed E-state index contributed by atoms with van der Waals surface area (Å²) >= 11 is 5.66. The molecule has 0 N–H and O–H groups in total. The average Bonchev–Trinajstić information content (AvgIpc) is 2.09. The normalized spacial score (nSPS) is 11.5. The highest BCUT2D eigenvalue weighted by atomic mass is 35.5. The van der Waals surface area contributed by atoms with Crippen LogP contribution in [0, 0.1) is 5.92 Å². The largest absolute Gasteiger partial charge is 0.383 e. The van der Waals surface area contributed by atoms with Crippen molar-refractivity contribution in [2.24, 2.45) is 5.92 Å². The topological polar surface area (TPSA) is 12.5 Å². The molecule has 0 rings (SSSR count). The molecule has 0 amide bonds. The molecule has 0 heterocycles.